The summed E-state index contributed by atoms with van der Waals surface area (Å²) in [7, 11) is 2.95. The SMILES string of the molecule is COc1cc(F)c(NCc2noc(-c3ccccc3C)n2)cc1OC. The van der Waals surface area contributed by atoms with Gasteiger partial charge in [-0.15, -0.1) is 0 Å². The van der Waals surface area contributed by atoms with E-state index in [2.05, 4.69) is 15.5 Å². The van der Waals surface area contributed by atoms with Crippen LogP contribution in [0.15, 0.2) is 40.9 Å². The van der Waals surface area contributed by atoms with Crippen molar-refractivity contribution in [3.63, 3.8) is 0 Å². The number of aryl methyl sites for hydroxylation is 1. The Morgan fingerprint density at radius 2 is 1.84 bits per heavy atom. The first-order valence-electron chi connectivity index (χ1n) is 7.66. The highest BCUT2D eigenvalue weighted by Crippen LogP contribution is 2.32. The number of nitrogens with zero attached hydrogens (tertiary/aromatic N) is 2. The molecule has 0 atom stereocenters. The van der Waals surface area contributed by atoms with Gasteiger partial charge in [0.05, 0.1) is 26.5 Å². The average Bonchev–Trinajstić information content (AvgIpc) is 3.09. The summed E-state index contributed by atoms with van der Waals surface area (Å²) in [5.74, 6) is 1.16. The molecule has 3 aromatic rings. The lowest BCUT2D eigenvalue weighted by Crippen LogP contribution is -2.04. The molecule has 7 heteroatoms. The molecule has 0 saturated heterocycles. The molecule has 1 N–H and O–H groups in total. The molecule has 6 nitrogen and oxygen atoms in total. The third-order valence-corrected chi connectivity index (χ3v) is 3.75. The maximum atomic E-state index is 14.1. The maximum Gasteiger partial charge on any atom is 0.258 e. The highest BCUT2D eigenvalue weighted by atomic mass is 19.1. The molecule has 0 fully saturated rings. The van der Waals surface area contributed by atoms with E-state index in [0.717, 1.165) is 11.1 Å². The Bertz CT molecular complexity index is 880. The van der Waals surface area contributed by atoms with Crippen LogP contribution in [0.4, 0.5) is 10.1 Å². The van der Waals surface area contributed by atoms with Crippen LogP contribution in [0.3, 0.4) is 0 Å². The van der Waals surface area contributed by atoms with Crippen molar-refractivity contribution in [3.05, 3.63) is 53.6 Å². The molecule has 0 radical (unpaired) electrons. The molecule has 0 aliphatic carbocycles. The number of benzene rings is 2. The topological polar surface area (TPSA) is 69.4 Å². The predicted octanol–water partition coefficient (Wildman–Crippen LogP) is 3.81. The molecular weight excluding hydrogens is 325 g/mol. The number of hydrogen-bond donors (Lipinski definition) is 1. The summed E-state index contributed by atoms with van der Waals surface area (Å²) < 4.78 is 29.7. The van der Waals surface area contributed by atoms with Gasteiger partial charge < -0.3 is 19.3 Å². The Hall–Kier alpha value is -3.09. The minimum atomic E-state index is -0.458. The van der Waals surface area contributed by atoms with Crippen LogP contribution in [-0.4, -0.2) is 24.4 Å². The van der Waals surface area contributed by atoms with Gasteiger partial charge in [-0.05, 0) is 18.6 Å². The van der Waals surface area contributed by atoms with Gasteiger partial charge in [-0.3, -0.25) is 0 Å². The van der Waals surface area contributed by atoms with Gasteiger partial charge in [0.2, 0.25) is 0 Å². The molecule has 2 aromatic carbocycles. The third-order valence-electron chi connectivity index (χ3n) is 3.75. The molecule has 0 bridgehead atoms. The monoisotopic (exact) mass is 343 g/mol. The molecule has 0 spiro atoms. The lowest BCUT2D eigenvalue weighted by molar-refractivity contribution is 0.352. The minimum absolute atomic E-state index is 0.210. The highest BCUT2D eigenvalue weighted by molar-refractivity contribution is 5.58. The fraction of sp³-hybridized carbons (Fsp3) is 0.222. The Balaban J connectivity index is 1.76. The zero-order valence-corrected chi connectivity index (χ0v) is 14.2. The van der Waals surface area contributed by atoms with Gasteiger partial charge in [-0.25, -0.2) is 4.39 Å². The van der Waals surface area contributed by atoms with Crippen LogP contribution < -0.4 is 14.8 Å². The standard InChI is InChI=1S/C18H18FN3O3/c1-11-6-4-5-7-12(11)18-21-17(22-25-18)10-20-14-9-16(24-3)15(23-2)8-13(14)19/h4-9,20H,10H2,1-3H3. The molecule has 1 heterocycles. The minimum Gasteiger partial charge on any atom is -0.493 e. The van der Waals surface area contributed by atoms with Crippen molar-refractivity contribution >= 4 is 5.69 Å². The Kier molecular flexibility index (Phi) is 4.83. The van der Waals surface area contributed by atoms with E-state index in [1.165, 1.54) is 26.4 Å². The first-order valence-corrected chi connectivity index (χ1v) is 7.66. The molecule has 3 rings (SSSR count). The zero-order valence-electron chi connectivity index (χ0n) is 14.2. The third kappa shape index (κ3) is 3.55. The smallest absolute Gasteiger partial charge is 0.258 e. The fourth-order valence-electron chi connectivity index (χ4n) is 2.41. The van der Waals surface area contributed by atoms with Crippen molar-refractivity contribution in [3.8, 4) is 23.0 Å². The van der Waals surface area contributed by atoms with E-state index in [-0.39, 0.29) is 12.2 Å². The summed E-state index contributed by atoms with van der Waals surface area (Å²) >= 11 is 0. The number of halogens is 1. The second kappa shape index (κ2) is 7.21. The van der Waals surface area contributed by atoms with Crippen LogP contribution in [-0.2, 0) is 6.54 Å². The van der Waals surface area contributed by atoms with Crippen molar-refractivity contribution in [2.45, 2.75) is 13.5 Å². The number of ether oxygens (including phenoxy) is 2. The van der Waals surface area contributed by atoms with Crippen molar-refractivity contribution in [2.75, 3.05) is 19.5 Å². The van der Waals surface area contributed by atoms with E-state index in [1.807, 2.05) is 31.2 Å². The average molecular weight is 343 g/mol. The summed E-state index contributed by atoms with van der Waals surface area (Å²) in [5, 5.41) is 6.87. The van der Waals surface area contributed by atoms with Gasteiger partial charge in [0, 0.05) is 17.7 Å². The second-order valence-electron chi connectivity index (χ2n) is 5.37. The first-order chi connectivity index (χ1) is 12.1. The van der Waals surface area contributed by atoms with Gasteiger partial charge in [0.1, 0.15) is 5.82 Å². The number of anilines is 1. The number of methoxy groups -OCH3 is 2. The van der Waals surface area contributed by atoms with Crippen molar-refractivity contribution < 1.29 is 18.4 Å². The Morgan fingerprint density at radius 1 is 1.12 bits per heavy atom. The van der Waals surface area contributed by atoms with E-state index < -0.39 is 5.82 Å². The summed E-state index contributed by atoms with van der Waals surface area (Å²) in [5.41, 5.74) is 2.18. The molecule has 0 saturated carbocycles. The van der Waals surface area contributed by atoms with Gasteiger partial charge in [0.15, 0.2) is 17.3 Å². The van der Waals surface area contributed by atoms with Crippen LogP contribution in [0.1, 0.15) is 11.4 Å². The number of rotatable bonds is 6. The summed E-state index contributed by atoms with van der Waals surface area (Å²) in [6, 6.07) is 10.5. The molecule has 0 aliphatic rings. The first kappa shape index (κ1) is 16.8. The van der Waals surface area contributed by atoms with Gasteiger partial charge in [-0.1, -0.05) is 23.4 Å². The number of aromatic nitrogens is 2. The van der Waals surface area contributed by atoms with Crippen LogP contribution in [0, 0.1) is 12.7 Å². The number of hydrogen-bond acceptors (Lipinski definition) is 6. The van der Waals surface area contributed by atoms with E-state index in [0.29, 0.717) is 23.2 Å². The molecule has 1 aromatic heterocycles. The van der Waals surface area contributed by atoms with Crippen molar-refractivity contribution in [2.24, 2.45) is 0 Å². The van der Waals surface area contributed by atoms with Crippen LogP contribution in [0.25, 0.3) is 11.5 Å². The molecule has 0 unspecified atom stereocenters. The van der Waals surface area contributed by atoms with Crippen LogP contribution in [0.5, 0.6) is 11.5 Å². The lowest BCUT2D eigenvalue weighted by Gasteiger charge is -2.11. The Labute approximate surface area is 144 Å². The fourth-order valence-corrected chi connectivity index (χ4v) is 2.41. The van der Waals surface area contributed by atoms with E-state index in [4.69, 9.17) is 14.0 Å². The summed E-state index contributed by atoms with van der Waals surface area (Å²) in [6.07, 6.45) is 0. The normalized spacial score (nSPS) is 10.6. The molecule has 0 aliphatic heterocycles. The van der Waals surface area contributed by atoms with Crippen molar-refractivity contribution in [1.82, 2.24) is 10.1 Å². The lowest BCUT2D eigenvalue weighted by atomic mass is 10.1. The van der Waals surface area contributed by atoms with Crippen molar-refractivity contribution in [1.29, 1.82) is 0 Å². The highest BCUT2D eigenvalue weighted by Gasteiger charge is 2.13. The quantitative estimate of drug-likeness (QED) is 0.734. The predicted molar refractivity (Wildman–Crippen MR) is 91.3 cm³/mol. The van der Waals surface area contributed by atoms with Gasteiger partial charge in [-0.2, -0.15) is 4.98 Å². The van der Waals surface area contributed by atoms with E-state index in [1.54, 1.807) is 0 Å². The molecular formula is C18H18FN3O3. The number of nitrogens with one attached hydrogen (secondary N) is 1. The van der Waals surface area contributed by atoms with Crippen LogP contribution in [0.2, 0.25) is 0 Å². The Morgan fingerprint density at radius 3 is 2.56 bits per heavy atom. The second-order valence-corrected chi connectivity index (χ2v) is 5.37. The van der Waals surface area contributed by atoms with E-state index >= 15 is 0 Å². The summed E-state index contributed by atoms with van der Waals surface area (Å²) in [4.78, 5) is 4.34. The molecule has 25 heavy (non-hydrogen) atoms. The van der Waals surface area contributed by atoms with Crippen LogP contribution >= 0.6 is 0 Å². The van der Waals surface area contributed by atoms with Gasteiger partial charge in [0.25, 0.3) is 5.89 Å². The molecule has 130 valence electrons. The van der Waals surface area contributed by atoms with E-state index in [9.17, 15) is 4.39 Å². The van der Waals surface area contributed by atoms with Gasteiger partial charge >= 0.3 is 0 Å². The largest absolute Gasteiger partial charge is 0.493 e. The molecule has 0 amide bonds. The summed E-state index contributed by atoms with van der Waals surface area (Å²) in [6.45, 7) is 2.18. The maximum absolute atomic E-state index is 14.1. The zero-order chi connectivity index (χ0) is 17.8.